The number of nitrogens with zero attached hydrogens (tertiary/aromatic N) is 3. The zero-order valence-electron chi connectivity index (χ0n) is 14.5. The summed E-state index contributed by atoms with van der Waals surface area (Å²) in [4.78, 5) is 32.7. The van der Waals surface area contributed by atoms with Crippen LogP contribution < -0.4 is 0 Å². The van der Waals surface area contributed by atoms with Crippen LogP contribution in [0.1, 0.15) is 35.3 Å². The number of carbonyl (C=O) groups is 2. The number of amides is 2. The zero-order chi connectivity index (χ0) is 18.0. The van der Waals surface area contributed by atoms with Crippen LogP contribution in [0.15, 0.2) is 55.4 Å². The molecular weight excluding hydrogens is 314 g/mol. The summed E-state index contributed by atoms with van der Waals surface area (Å²) in [6.45, 7) is 8.37. The van der Waals surface area contributed by atoms with Crippen molar-refractivity contribution >= 4 is 17.5 Å². The van der Waals surface area contributed by atoms with E-state index in [-0.39, 0.29) is 24.4 Å². The summed E-state index contributed by atoms with van der Waals surface area (Å²) in [6.07, 6.45) is 3.45. The summed E-state index contributed by atoms with van der Waals surface area (Å²) in [6, 6.07) is 11.1. The highest BCUT2D eigenvalue weighted by Crippen LogP contribution is 2.31. The van der Waals surface area contributed by atoms with E-state index in [9.17, 15) is 9.59 Å². The molecule has 5 heteroatoms. The van der Waals surface area contributed by atoms with Gasteiger partial charge in [-0.1, -0.05) is 30.8 Å². The van der Waals surface area contributed by atoms with Crippen molar-refractivity contribution in [3.05, 3.63) is 72.1 Å². The quantitative estimate of drug-likeness (QED) is 0.844. The van der Waals surface area contributed by atoms with Gasteiger partial charge in [0.1, 0.15) is 6.54 Å². The summed E-state index contributed by atoms with van der Waals surface area (Å²) < 4.78 is 0. The maximum Gasteiger partial charge on any atom is 0.259 e. The van der Waals surface area contributed by atoms with Gasteiger partial charge in [0.15, 0.2) is 0 Å². The van der Waals surface area contributed by atoms with Crippen molar-refractivity contribution in [3.63, 3.8) is 0 Å². The molecule has 5 nitrogen and oxygen atoms in total. The molecule has 1 aliphatic heterocycles. The molecule has 2 heterocycles. The van der Waals surface area contributed by atoms with E-state index in [0.717, 1.165) is 11.1 Å². The molecule has 0 spiro atoms. The van der Waals surface area contributed by atoms with Crippen molar-refractivity contribution in [2.75, 3.05) is 6.54 Å². The fraction of sp³-hybridized carbons (Fsp3) is 0.250. The molecule has 1 aromatic carbocycles. The molecule has 3 rings (SSSR count). The van der Waals surface area contributed by atoms with Gasteiger partial charge in [-0.25, -0.2) is 0 Å². The fourth-order valence-electron chi connectivity index (χ4n) is 2.98. The van der Waals surface area contributed by atoms with Gasteiger partial charge in [0.25, 0.3) is 5.91 Å². The number of pyridine rings is 1. The van der Waals surface area contributed by atoms with Gasteiger partial charge < -0.3 is 4.90 Å². The Kier molecular flexibility index (Phi) is 4.65. The Balaban J connectivity index is 1.76. The largest absolute Gasteiger partial charge is 0.334 e. The van der Waals surface area contributed by atoms with Crippen molar-refractivity contribution < 1.29 is 9.59 Å². The molecule has 0 fully saturated rings. The summed E-state index contributed by atoms with van der Waals surface area (Å²) in [5.41, 5.74) is 2.94. The average molecular weight is 335 g/mol. The lowest BCUT2D eigenvalue weighted by Gasteiger charge is -2.29. The van der Waals surface area contributed by atoms with Crippen LogP contribution >= 0.6 is 0 Å². The van der Waals surface area contributed by atoms with Gasteiger partial charge in [0.05, 0.1) is 0 Å². The van der Waals surface area contributed by atoms with Gasteiger partial charge in [-0.15, -0.1) is 0 Å². The van der Waals surface area contributed by atoms with Crippen LogP contribution in [0, 0.1) is 0 Å². The Bertz CT molecular complexity index is 780. The maximum absolute atomic E-state index is 12.9. The molecule has 25 heavy (non-hydrogen) atoms. The minimum atomic E-state index is -0.168. The van der Waals surface area contributed by atoms with E-state index in [1.165, 1.54) is 4.90 Å². The lowest BCUT2D eigenvalue weighted by molar-refractivity contribution is -0.133. The Morgan fingerprint density at radius 1 is 1.20 bits per heavy atom. The number of benzene rings is 1. The Morgan fingerprint density at radius 3 is 2.52 bits per heavy atom. The predicted molar refractivity (Wildman–Crippen MR) is 96.4 cm³/mol. The first-order valence-electron chi connectivity index (χ1n) is 8.27. The Labute approximate surface area is 147 Å². The van der Waals surface area contributed by atoms with Gasteiger partial charge in [0, 0.05) is 41.8 Å². The van der Waals surface area contributed by atoms with E-state index >= 15 is 0 Å². The predicted octanol–water partition coefficient (Wildman–Crippen LogP) is 2.95. The number of hydrogen-bond donors (Lipinski definition) is 0. The molecular formula is C20H21N3O2. The van der Waals surface area contributed by atoms with Crippen LogP contribution in [0.25, 0.3) is 5.70 Å². The highest BCUT2D eigenvalue weighted by atomic mass is 16.2. The van der Waals surface area contributed by atoms with Crippen LogP contribution in [0.5, 0.6) is 0 Å². The van der Waals surface area contributed by atoms with Crippen LogP contribution in [-0.2, 0) is 11.3 Å². The monoisotopic (exact) mass is 335 g/mol. The molecule has 0 aliphatic carbocycles. The van der Waals surface area contributed by atoms with Crippen molar-refractivity contribution in [1.29, 1.82) is 0 Å². The van der Waals surface area contributed by atoms with Gasteiger partial charge >= 0.3 is 0 Å². The van der Waals surface area contributed by atoms with Crippen molar-refractivity contribution in [1.82, 2.24) is 14.8 Å². The first kappa shape index (κ1) is 16.9. The number of hydrogen-bond acceptors (Lipinski definition) is 3. The van der Waals surface area contributed by atoms with E-state index < -0.39 is 0 Å². The Hall–Kier alpha value is -2.95. The molecule has 1 aliphatic rings. The topological polar surface area (TPSA) is 53.5 Å². The summed E-state index contributed by atoms with van der Waals surface area (Å²) in [5.74, 6) is -0.278. The standard InChI is InChI=1S/C20H21N3O2/c1-14(2)22(12-16-7-6-10-21-11-16)19(24)13-23-15(3)17-8-4-5-9-18(17)20(23)25/h4-11,14H,3,12-13H2,1-2H3. The highest BCUT2D eigenvalue weighted by molar-refractivity contribution is 6.10. The maximum atomic E-state index is 12.9. The SMILES string of the molecule is C=C1c2ccccc2C(=O)N1CC(=O)N(Cc1cccnc1)C(C)C. The molecule has 128 valence electrons. The number of rotatable bonds is 5. The summed E-state index contributed by atoms with van der Waals surface area (Å²) in [7, 11) is 0. The van der Waals surface area contributed by atoms with Crippen molar-refractivity contribution in [3.8, 4) is 0 Å². The minimum Gasteiger partial charge on any atom is -0.334 e. The van der Waals surface area contributed by atoms with Gasteiger partial charge in [-0.2, -0.15) is 0 Å². The highest BCUT2D eigenvalue weighted by Gasteiger charge is 2.33. The van der Waals surface area contributed by atoms with Crippen molar-refractivity contribution in [2.24, 2.45) is 0 Å². The van der Waals surface area contributed by atoms with Crippen LogP contribution in [-0.4, -0.2) is 39.2 Å². The molecule has 0 N–H and O–H groups in total. The minimum absolute atomic E-state index is 0.00914. The normalized spacial score (nSPS) is 13.3. The lowest BCUT2D eigenvalue weighted by Crippen LogP contribution is -2.43. The smallest absolute Gasteiger partial charge is 0.259 e. The van der Waals surface area contributed by atoms with E-state index in [2.05, 4.69) is 11.6 Å². The first-order valence-corrected chi connectivity index (χ1v) is 8.27. The fourth-order valence-corrected chi connectivity index (χ4v) is 2.98. The molecule has 0 bridgehead atoms. The second-order valence-electron chi connectivity index (χ2n) is 6.36. The van der Waals surface area contributed by atoms with E-state index in [4.69, 9.17) is 0 Å². The molecule has 0 saturated carbocycles. The number of fused-ring (bicyclic) bond motifs is 1. The Morgan fingerprint density at radius 2 is 1.92 bits per heavy atom. The number of aromatic nitrogens is 1. The van der Waals surface area contributed by atoms with Gasteiger partial charge in [-0.3, -0.25) is 19.5 Å². The molecule has 1 aromatic heterocycles. The van der Waals surface area contributed by atoms with E-state index in [1.807, 2.05) is 44.2 Å². The second kappa shape index (κ2) is 6.89. The van der Waals surface area contributed by atoms with Crippen molar-refractivity contribution in [2.45, 2.75) is 26.4 Å². The van der Waals surface area contributed by atoms with Crippen LogP contribution in [0.2, 0.25) is 0 Å². The second-order valence-corrected chi connectivity index (χ2v) is 6.36. The first-order chi connectivity index (χ1) is 12.0. The van der Waals surface area contributed by atoms with Gasteiger partial charge in [0.2, 0.25) is 5.91 Å². The van der Waals surface area contributed by atoms with E-state index in [1.54, 1.807) is 23.4 Å². The van der Waals surface area contributed by atoms with Gasteiger partial charge in [-0.05, 0) is 31.5 Å². The third-order valence-electron chi connectivity index (χ3n) is 4.35. The van der Waals surface area contributed by atoms with Crippen LogP contribution in [0.4, 0.5) is 0 Å². The molecule has 0 saturated heterocycles. The molecule has 2 amide bonds. The van der Waals surface area contributed by atoms with E-state index in [0.29, 0.717) is 17.8 Å². The molecule has 0 unspecified atom stereocenters. The molecule has 0 atom stereocenters. The summed E-state index contributed by atoms with van der Waals surface area (Å²) in [5, 5.41) is 0. The average Bonchev–Trinajstić information content (AvgIpc) is 2.85. The third-order valence-corrected chi connectivity index (χ3v) is 4.35. The number of carbonyl (C=O) groups excluding carboxylic acids is 2. The third kappa shape index (κ3) is 3.31. The molecule has 2 aromatic rings. The molecule has 0 radical (unpaired) electrons. The van der Waals surface area contributed by atoms with Crippen LogP contribution in [0.3, 0.4) is 0 Å². The summed E-state index contributed by atoms with van der Waals surface area (Å²) >= 11 is 0. The lowest BCUT2D eigenvalue weighted by atomic mass is 10.1. The zero-order valence-corrected chi connectivity index (χ0v) is 14.5.